The second kappa shape index (κ2) is 8.26. The maximum atomic E-state index is 12.3. The van der Waals surface area contributed by atoms with E-state index < -0.39 is 0 Å². The summed E-state index contributed by atoms with van der Waals surface area (Å²) in [6, 6.07) is 16.4. The molecule has 0 bridgehead atoms. The lowest BCUT2D eigenvalue weighted by Gasteiger charge is -2.36. The predicted octanol–water partition coefficient (Wildman–Crippen LogP) is 3.72. The first kappa shape index (κ1) is 17.6. The van der Waals surface area contributed by atoms with Crippen LogP contribution in [-0.2, 0) is 6.42 Å². The van der Waals surface area contributed by atoms with Crippen LogP contribution in [0.5, 0.6) is 0 Å². The van der Waals surface area contributed by atoms with Gasteiger partial charge in [-0.15, -0.1) is 0 Å². The average Bonchev–Trinajstić information content (AvgIpc) is 2.65. The maximum Gasteiger partial charge on any atom is 0.317 e. The van der Waals surface area contributed by atoms with Crippen molar-refractivity contribution in [2.45, 2.75) is 13.3 Å². The molecule has 2 amide bonds. The van der Waals surface area contributed by atoms with Gasteiger partial charge in [0.25, 0.3) is 0 Å². The molecule has 2 aromatic rings. The van der Waals surface area contributed by atoms with Crippen LogP contribution in [0.2, 0.25) is 5.02 Å². The monoisotopic (exact) mass is 357 g/mol. The quantitative estimate of drug-likeness (QED) is 0.905. The lowest BCUT2D eigenvalue weighted by Crippen LogP contribution is -2.52. The fraction of sp³-hybridized carbons (Fsp3) is 0.350. The van der Waals surface area contributed by atoms with Crippen LogP contribution in [-0.4, -0.2) is 43.7 Å². The molecule has 1 N–H and O–H groups in total. The van der Waals surface area contributed by atoms with Gasteiger partial charge in [-0.05, 0) is 36.6 Å². The molecule has 1 aliphatic rings. The second-order valence-corrected chi connectivity index (χ2v) is 6.78. The number of carbonyl (C=O) groups is 1. The lowest BCUT2D eigenvalue weighted by molar-refractivity contribution is 0.194. The zero-order chi connectivity index (χ0) is 17.6. The molecule has 1 heterocycles. The van der Waals surface area contributed by atoms with E-state index in [9.17, 15) is 4.79 Å². The third kappa shape index (κ3) is 4.67. The van der Waals surface area contributed by atoms with Crippen LogP contribution < -0.4 is 10.2 Å². The molecule has 4 nitrogen and oxygen atoms in total. The van der Waals surface area contributed by atoms with Crippen molar-refractivity contribution >= 4 is 23.3 Å². The van der Waals surface area contributed by atoms with Gasteiger partial charge in [0, 0.05) is 43.4 Å². The third-order valence-corrected chi connectivity index (χ3v) is 5.03. The molecule has 0 spiro atoms. The van der Waals surface area contributed by atoms with Gasteiger partial charge >= 0.3 is 6.03 Å². The summed E-state index contributed by atoms with van der Waals surface area (Å²) in [5.74, 6) is 0. The number of benzene rings is 2. The summed E-state index contributed by atoms with van der Waals surface area (Å²) in [6.45, 7) is 5.77. The number of anilines is 1. The van der Waals surface area contributed by atoms with E-state index in [1.54, 1.807) is 0 Å². The molecule has 2 aromatic carbocycles. The first-order chi connectivity index (χ1) is 12.1. The Morgan fingerprint density at radius 1 is 1.08 bits per heavy atom. The lowest BCUT2D eigenvalue weighted by atomic mass is 10.1. The van der Waals surface area contributed by atoms with Gasteiger partial charge in [0.1, 0.15) is 0 Å². The largest absolute Gasteiger partial charge is 0.368 e. The summed E-state index contributed by atoms with van der Waals surface area (Å²) in [7, 11) is 0. The number of nitrogens with zero attached hydrogens (tertiary/aromatic N) is 2. The number of piperazine rings is 1. The van der Waals surface area contributed by atoms with Crippen molar-refractivity contribution in [1.29, 1.82) is 0 Å². The highest BCUT2D eigenvalue weighted by Gasteiger charge is 2.21. The van der Waals surface area contributed by atoms with Crippen LogP contribution in [0.15, 0.2) is 48.5 Å². The Morgan fingerprint density at radius 2 is 1.80 bits per heavy atom. The fourth-order valence-corrected chi connectivity index (χ4v) is 3.19. The van der Waals surface area contributed by atoms with Crippen LogP contribution >= 0.6 is 11.6 Å². The Labute approximate surface area is 154 Å². The molecule has 0 atom stereocenters. The Balaban J connectivity index is 1.45. The van der Waals surface area contributed by atoms with E-state index in [-0.39, 0.29) is 6.03 Å². The van der Waals surface area contributed by atoms with Crippen LogP contribution in [0.25, 0.3) is 0 Å². The highest BCUT2D eigenvalue weighted by Crippen LogP contribution is 2.24. The molecule has 1 fully saturated rings. The van der Waals surface area contributed by atoms with Gasteiger partial charge in [-0.3, -0.25) is 0 Å². The van der Waals surface area contributed by atoms with Gasteiger partial charge in [-0.1, -0.05) is 48.0 Å². The molecule has 3 rings (SSSR count). The highest BCUT2D eigenvalue weighted by molar-refractivity contribution is 6.31. The molecular formula is C20H24ClN3O. The summed E-state index contributed by atoms with van der Waals surface area (Å²) in [5.41, 5.74) is 3.45. The fourth-order valence-electron chi connectivity index (χ4n) is 3.02. The van der Waals surface area contributed by atoms with Crippen molar-refractivity contribution < 1.29 is 4.79 Å². The van der Waals surface area contributed by atoms with Crippen molar-refractivity contribution in [2.24, 2.45) is 0 Å². The van der Waals surface area contributed by atoms with E-state index >= 15 is 0 Å². The van der Waals surface area contributed by atoms with Gasteiger partial charge in [0.05, 0.1) is 0 Å². The average molecular weight is 358 g/mol. The SMILES string of the molecule is Cc1ccc(N2CCN(C(=O)NCCc3ccccc3)CC2)cc1Cl. The van der Waals surface area contributed by atoms with Crippen LogP contribution in [0.4, 0.5) is 10.5 Å². The van der Waals surface area contributed by atoms with E-state index in [1.165, 1.54) is 5.56 Å². The number of aryl methyl sites for hydroxylation is 1. The topological polar surface area (TPSA) is 35.6 Å². The van der Waals surface area contributed by atoms with Crippen molar-refractivity contribution in [2.75, 3.05) is 37.6 Å². The number of carbonyl (C=O) groups excluding carboxylic acids is 1. The van der Waals surface area contributed by atoms with E-state index in [0.717, 1.165) is 48.9 Å². The van der Waals surface area contributed by atoms with E-state index in [2.05, 4.69) is 28.4 Å². The highest BCUT2D eigenvalue weighted by atomic mass is 35.5. The first-order valence-corrected chi connectivity index (χ1v) is 9.09. The molecule has 0 saturated carbocycles. The van der Waals surface area contributed by atoms with E-state index in [1.807, 2.05) is 42.2 Å². The van der Waals surface area contributed by atoms with Crippen molar-refractivity contribution in [3.63, 3.8) is 0 Å². The summed E-state index contributed by atoms with van der Waals surface area (Å²) < 4.78 is 0. The summed E-state index contributed by atoms with van der Waals surface area (Å²) in [5, 5.41) is 3.81. The standard InChI is InChI=1S/C20H24ClN3O/c1-16-7-8-18(15-19(16)21)23-11-13-24(14-12-23)20(25)22-10-9-17-5-3-2-4-6-17/h2-8,15H,9-14H2,1H3,(H,22,25). The molecule has 0 aromatic heterocycles. The van der Waals surface area contributed by atoms with Crippen molar-refractivity contribution in [3.05, 3.63) is 64.7 Å². The molecule has 132 valence electrons. The van der Waals surface area contributed by atoms with E-state index in [4.69, 9.17) is 11.6 Å². The number of hydrogen-bond acceptors (Lipinski definition) is 2. The minimum absolute atomic E-state index is 0.0255. The molecule has 25 heavy (non-hydrogen) atoms. The smallest absolute Gasteiger partial charge is 0.317 e. The minimum Gasteiger partial charge on any atom is -0.368 e. The molecule has 5 heteroatoms. The van der Waals surface area contributed by atoms with Gasteiger partial charge in [-0.25, -0.2) is 4.79 Å². The van der Waals surface area contributed by atoms with Crippen molar-refractivity contribution in [1.82, 2.24) is 10.2 Å². The molecular weight excluding hydrogens is 334 g/mol. The first-order valence-electron chi connectivity index (χ1n) is 8.71. The van der Waals surface area contributed by atoms with Crippen LogP contribution in [0, 0.1) is 6.92 Å². The van der Waals surface area contributed by atoms with Crippen LogP contribution in [0.1, 0.15) is 11.1 Å². The van der Waals surface area contributed by atoms with Crippen LogP contribution in [0.3, 0.4) is 0 Å². The number of amides is 2. The number of urea groups is 1. The van der Waals surface area contributed by atoms with Crippen molar-refractivity contribution in [3.8, 4) is 0 Å². The Morgan fingerprint density at radius 3 is 2.48 bits per heavy atom. The zero-order valence-corrected chi connectivity index (χ0v) is 15.3. The van der Waals surface area contributed by atoms with E-state index in [0.29, 0.717) is 6.54 Å². The Hall–Kier alpha value is -2.20. The minimum atomic E-state index is 0.0255. The molecule has 0 aliphatic carbocycles. The summed E-state index contributed by atoms with van der Waals surface area (Å²) in [6.07, 6.45) is 0.856. The van der Waals surface area contributed by atoms with Gasteiger partial charge in [0.2, 0.25) is 0 Å². The molecule has 1 aliphatic heterocycles. The Bertz CT molecular complexity index is 712. The molecule has 0 unspecified atom stereocenters. The van der Waals surface area contributed by atoms with Gasteiger partial charge in [-0.2, -0.15) is 0 Å². The normalized spacial score (nSPS) is 14.5. The number of hydrogen-bond donors (Lipinski definition) is 1. The summed E-state index contributed by atoms with van der Waals surface area (Å²) >= 11 is 6.22. The maximum absolute atomic E-state index is 12.3. The molecule has 0 radical (unpaired) electrons. The summed E-state index contributed by atoms with van der Waals surface area (Å²) in [4.78, 5) is 16.5. The molecule has 1 saturated heterocycles. The zero-order valence-electron chi connectivity index (χ0n) is 14.5. The number of halogens is 1. The van der Waals surface area contributed by atoms with Gasteiger partial charge < -0.3 is 15.1 Å². The third-order valence-electron chi connectivity index (χ3n) is 4.62. The Kier molecular flexibility index (Phi) is 5.82. The predicted molar refractivity (Wildman–Crippen MR) is 104 cm³/mol. The number of nitrogens with one attached hydrogen (secondary N) is 1. The number of rotatable bonds is 4. The van der Waals surface area contributed by atoms with Gasteiger partial charge in [0.15, 0.2) is 0 Å². The second-order valence-electron chi connectivity index (χ2n) is 6.38.